The van der Waals surface area contributed by atoms with Crippen LogP contribution in [-0.4, -0.2) is 51.3 Å². The number of hydrogen-bond donors (Lipinski definition) is 1. The molecule has 0 radical (unpaired) electrons. The molecule has 34 heavy (non-hydrogen) atoms. The first kappa shape index (κ1) is 24.2. The number of sulfonamides is 1. The normalized spacial score (nSPS) is 17.1. The summed E-state index contributed by atoms with van der Waals surface area (Å²) in [6, 6.07) is 12.3. The van der Waals surface area contributed by atoms with Gasteiger partial charge in [0, 0.05) is 31.7 Å². The number of nitrogens with one attached hydrogen (secondary N) is 1. The molecule has 2 aromatic rings. The number of carbonyl (C=O) groups excluding carboxylic acids is 2. The van der Waals surface area contributed by atoms with Gasteiger partial charge in [0.05, 0.1) is 12.0 Å². The molecule has 2 aromatic carbocycles. The summed E-state index contributed by atoms with van der Waals surface area (Å²) in [4.78, 5) is 27.2. The van der Waals surface area contributed by atoms with Crippen LogP contribution in [0, 0.1) is 0 Å². The zero-order valence-corrected chi connectivity index (χ0v) is 20.3. The molecule has 2 aliphatic rings. The van der Waals surface area contributed by atoms with Crippen LogP contribution in [0.2, 0.25) is 0 Å². The lowest BCUT2D eigenvalue weighted by Crippen LogP contribution is -2.40. The van der Waals surface area contributed by atoms with Crippen LogP contribution in [0.1, 0.15) is 43.2 Å². The number of amides is 2. The van der Waals surface area contributed by atoms with Gasteiger partial charge in [-0.25, -0.2) is 8.42 Å². The van der Waals surface area contributed by atoms with Gasteiger partial charge in [-0.2, -0.15) is 4.31 Å². The molecule has 0 atom stereocenters. The highest BCUT2D eigenvalue weighted by molar-refractivity contribution is 7.89. The summed E-state index contributed by atoms with van der Waals surface area (Å²) in [5.74, 6) is 0.329. The van der Waals surface area contributed by atoms with Crippen molar-refractivity contribution >= 4 is 27.5 Å². The Bertz CT molecular complexity index is 1140. The summed E-state index contributed by atoms with van der Waals surface area (Å²) >= 11 is 0. The summed E-state index contributed by atoms with van der Waals surface area (Å²) in [6.07, 6.45) is 4.32. The summed E-state index contributed by atoms with van der Waals surface area (Å²) in [5.41, 5.74) is 2.32. The van der Waals surface area contributed by atoms with Crippen LogP contribution in [0.15, 0.2) is 47.4 Å². The zero-order valence-electron chi connectivity index (χ0n) is 19.5. The largest absolute Gasteiger partial charge is 0.497 e. The Morgan fingerprint density at radius 1 is 1.00 bits per heavy atom. The van der Waals surface area contributed by atoms with E-state index in [0.29, 0.717) is 44.6 Å². The van der Waals surface area contributed by atoms with E-state index in [1.54, 1.807) is 29.6 Å². The fourth-order valence-corrected chi connectivity index (χ4v) is 6.02. The molecule has 0 unspecified atom stereocenters. The van der Waals surface area contributed by atoms with E-state index in [4.69, 9.17) is 4.74 Å². The van der Waals surface area contributed by atoms with Gasteiger partial charge in [-0.15, -0.1) is 0 Å². The van der Waals surface area contributed by atoms with Gasteiger partial charge in [0.25, 0.3) is 0 Å². The molecular weight excluding hydrogens is 454 g/mol. The van der Waals surface area contributed by atoms with Crippen molar-refractivity contribution in [3.63, 3.8) is 0 Å². The maximum atomic E-state index is 13.1. The topological polar surface area (TPSA) is 96.0 Å². The van der Waals surface area contributed by atoms with Crippen molar-refractivity contribution in [3.05, 3.63) is 53.6 Å². The third-order valence-electron chi connectivity index (χ3n) is 6.38. The van der Waals surface area contributed by atoms with Crippen LogP contribution in [0.5, 0.6) is 5.75 Å². The lowest BCUT2D eigenvalue weighted by atomic mass is 10.1. The molecule has 1 saturated heterocycles. The number of methoxy groups -OCH3 is 1. The van der Waals surface area contributed by atoms with Crippen molar-refractivity contribution in [1.82, 2.24) is 9.62 Å². The second-order valence-electron chi connectivity index (χ2n) is 8.71. The Morgan fingerprint density at radius 3 is 2.44 bits per heavy atom. The Hall–Kier alpha value is -2.91. The molecular formula is C25H31N3O5S. The second kappa shape index (κ2) is 10.6. The van der Waals surface area contributed by atoms with Gasteiger partial charge in [0.2, 0.25) is 21.8 Å². The fraction of sp³-hybridized carbons (Fsp3) is 0.440. The highest BCUT2D eigenvalue weighted by Crippen LogP contribution is 2.31. The van der Waals surface area contributed by atoms with Crippen molar-refractivity contribution < 1.29 is 22.7 Å². The monoisotopic (exact) mass is 485 g/mol. The van der Waals surface area contributed by atoms with Gasteiger partial charge < -0.3 is 15.0 Å². The van der Waals surface area contributed by atoms with E-state index in [1.807, 2.05) is 24.3 Å². The van der Waals surface area contributed by atoms with Crippen LogP contribution in [0.25, 0.3) is 0 Å². The quantitative estimate of drug-likeness (QED) is 0.651. The molecule has 2 aliphatic heterocycles. The van der Waals surface area contributed by atoms with Crippen LogP contribution >= 0.6 is 0 Å². The minimum Gasteiger partial charge on any atom is -0.497 e. The van der Waals surface area contributed by atoms with Crippen molar-refractivity contribution in [2.75, 3.05) is 31.6 Å². The van der Waals surface area contributed by atoms with E-state index >= 15 is 0 Å². The summed E-state index contributed by atoms with van der Waals surface area (Å²) in [5, 5.41) is 2.86. The zero-order chi connectivity index (χ0) is 24.1. The molecule has 4 rings (SSSR count). The summed E-state index contributed by atoms with van der Waals surface area (Å²) in [7, 11) is -1.97. The number of benzene rings is 2. The maximum absolute atomic E-state index is 13.1. The molecule has 1 fully saturated rings. The first-order valence-corrected chi connectivity index (χ1v) is 13.2. The molecule has 2 heterocycles. The first-order chi connectivity index (χ1) is 16.4. The third-order valence-corrected chi connectivity index (χ3v) is 8.28. The number of ether oxygens (including phenoxy) is 1. The van der Waals surface area contributed by atoms with E-state index in [1.165, 1.54) is 4.90 Å². The minimum absolute atomic E-state index is 0.111. The summed E-state index contributed by atoms with van der Waals surface area (Å²) < 4.78 is 32.9. The van der Waals surface area contributed by atoms with E-state index in [0.717, 1.165) is 36.1 Å². The number of piperidine rings is 1. The molecule has 0 aliphatic carbocycles. The van der Waals surface area contributed by atoms with Crippen molar-refractivity contribution in [2.24, 2.45) is 0 Å². The van der Waals surface area contributed by atoms with Crippen LogP contribution in [0.4, 0.5) is 5.69 Å². The number of nitrogens with zero attached hydrogens (tertiary/aromatic N) is 2. The molecule has 2 amide bonds. The molecule has 8 nitrogen and oxygen atoms in total. The van der Waals surface area contributed by atoms with Crippen LogP contribution in [-0.2, 0) is 32.6 Å². The van der Waals surface area contributed by atoms with Gasteiger partial charge >= 0.3 is 0 Å². The molecule has 0 aromatic heterocycles. The number of fused-ring (bicyclic) bond motifs is 1. The summed E-state index contributed by atoms with van der Waals surface area (Å²) in [6.45, 7) is 1.31. The molecule has 0 bridgehead atoms. The first-order valence-electron chi connectivity index (χ1n) is 11.7. The lowest BCUT2D eigenvalue weighted by molar-refractivity contribution is -0.123. The van der Waals surface area contributed by atoms with Gasteiger partial charge in [-0.3, -0.25) is 9.59 Å². The van der Waals surface area contributed by atoms with Gasteiger partial charge in [-0.05, 0) is 67.1 Å². The maximum Gasteiger partial charge on any atom is 0.243 e. The average molecular weight is 486 g/mol. The van der Waals surface area contributed by atoms with E-state index in [-0.39, 0.29) is 23.3 Å². The highest BCUT2D eigenvalue weighted by atomic mass is 32.2. The third kappa shape index (κ3) is 5.42. The van der Waals surface area contributed by atoms with Crippen LogP contribution in [0.3, 0.4) is 0 Å². The SMILES string of the molecule is COc1ccc(CNC(=O)CN2C(=O)CCCc3cc(S(=O)(=O)N4CCCCC4)ccc32)cc1. The van der Waals surface area contributed by atoms with E-state index in [9.17, 15) is 18.0 Å². The standard InChI is InChI=1S/C25H31N3O5S/c1-33-21-10-8-19(9-11-21)17-26-24(29)18-28-23-13-12-22(16-20(23)6-5-7-25(28)30)34(31,32)27-14-3-2-4-15-27/h8-13,16H,2-7,14-15,17-18H2,1H3,(H,26,29). The second-order valence-corrected chi connectivity index (χ2v) is 10.7. The average Bonchev–Trinajstić information content (AvgIpc) is 3.01. The molecule has 9 heteroatoms. The smallest absolute Gasteiger partial charge is 0.243 e. The predicted octanol–water partition coefficient (Wildman–Crippen LogP) is 2.86. The Morgan fingerprint density at radius 2 is 1.74 bits per heavy atom. The fourth-order valence-electron chi connectivity index (χ4n) is 4.46. The van der Waals surface area contributed by atoms with Crippen molar-refractivity contribution in [1.29, 1.82) is 0 Å². The van der Waals surface area contributed by atoms with E-state index < -0.39 is 10.0 Å². The molecule has 0 spiro atoms. The van der Waals surface area contributed by atoms with Gasteiger partial charge in [0.15, 0.2) is 0 Å². The number of carbonyl (C=O) groups is 2. The van der Waals surface area contributed by atoms with E-state index in [2.05, 4.69) is 5.32 Å². The number of rotatable bonds is 7. The highest BCUT2D eigenvalue weighted by Gasteiger charge is 2.29. The van der Waals surface area contributed by atoms with Crippen molar-refractivity contribution in [3.8, 4) is 5.75 Å². The predicted molar refractivity (Wildman–Crippen MR) is 129 cm³/mol. The van der Waals surface area contributed by atoms with Crippen LogP contribution < -0.4 is 15.0 Å². The molecule has 182 valence electrons. The lowest BCUT2D eigenvalue weighted by Gasteiger charge is -2.27. The van der Waals surface area contributed by atoms with Gasteiger partial charge in [0.1, 0.15) is 12.3 Å². The molecule has 1 N–H and O–H groups in total. The molecule has 0 saturated carbocycles. The van der Waals surface area contributed by atoms with Crippen molar-refractivity contribution in [2.45, 2.75) is 50.0 Å². The number of aryl methyl sites for hydroxylation is 1. The Kier molecular flexibility index (Phi) is 7.53. The Labute approximate surface area is 200 Å². The minimum atomic E-state index is -3.56. The number of anilines is 1. The van der Waals surface area contributed by atoms with Gasteiger partial charge in [-0.1, -0.05) is 18.6 Å². The Balaban J connectivity index is 1.49. The number of hydrogen-bond acceptors (Lipinski definition) is 5.